The molecule has 0 saturated carbocycles. The van der Waals surface area contributed by atoms with Crippen molar-refractivity contribution in [2.24, 2.45) is 0 Å². The van der Waals surface area contributed by atoms with E-state index in [2.05, 4.69) is 17.2 Å². The molecule has 0 radical (unpaired) electrons. The van der Waals surface area contributed by atoms with Gasteiger partial charge in [-0.2, -0.15) is 0 Å². The number of hydrogen-bond acceptors (Lipinski definition) is 6. The molecule has 0 spiro atoms. The number of ether oxygens (including phenoxy) is 1. The number of thiazole rings is 1. The van der Waals surface area contributed by atoms with Crippen LogP contribution in [0.3, 0.4) is 0 Å². The fourth-order valence-electron chi connectivity index (χ4n) is 3.11. The smallest absolute Gasteiger partial charge is 0.265 e. The minimum atomic E-state index is -0.271. The zero-order valence-corrected chi connectivity index (χ0v) is 16.8. The lowest BCUT2D eigenvalue weighted by molar-refractivity contribution is -0.125. The molecule has 3 heterocycles. The minimum absolute atomic E-state index is 0.0858. The average Bonchev–Trinajstić information content (AvgIpc) is 3.41. The van der Waals surface area contributed by atoms with Gasteiger partial charge >= 0.3 is 0 Å². The quantitative estimate of drug-likeness (QED) is 0.644. The highest BCUT2D eigenvalue weighted by Crippen LogP contribution is 2.36. The van der Waals surface area contributed by atoms with Gasteiger partial charge in [-0.1, -0.05) is 6.92 Å². The van der Waals surface area contributed by atoms with E-state index in [0.717, 1.165) is 29.1 Å². The molecule has 1 aliphatic heterocycles. The maximum atomic E-state index is 12.5. The van der Waals surface area contributed by atoms with E-state index in [4.69, 9.17) is 9.15 Å². The fourth-order valence-corrected chi connectivity index (χ4v) is 4.01. The Morgan fingerprint density at radius 2 is 2.24 bits per heavy atom. The lowest BCUT2D eigenvalue weighted by atomic mass is 10.1. The van der Waals surface area contributed by atoms with E-state index in [0.29, 0.717) is 17.2 Å². The van der Waals surface area contributed by atoms with Gasteiger partial charge in [-0.25, -0.2) is 4.98 Å². The summed E-state index contributed by atoms with van der Waals surface area (Å²) in [5.41, 5.74) is 2.33. The molecule has 3 aromatic rings. The SMILES string of the molecule is CCCc1nc(-c2ccc3c(c2)N(CC(=O)NCc2ccco2)C(=O)CO3)cs1. The summed E-state index contributed by atoms with van der Waals surface area (Å²) in [6.45, 7) is 2.22. The van der Waals surface area contributed by atoms with Gasteiger partial charge < -0.3 is 14.5 Å². The number of hydrogen-bond donors (Lipinski definition) is 1. The highest BCUT2D eigenvalue weighted by atomic mass is 32.1. The molecule has 0 fully saturated rings. The second kappa shape index (κ2) is 8.48. The number of anilines is 1. The molecule has 2 amide bonds. The van der Waals surface area contributed by atoms with Gasteiger partial charge in [0, 0.05) is 10.9 Å². The topological polar surface area (TPSA) is 84.7 Å². The molecule has 0 saturated heterocycles. The first-order chi connectivity index (χ1) is 14.1. The number of benzene rings is 1. The summed E-state index contributed by atoms with van der Waals surface area (Å²) in [5, 5.41) is 5.87. The van der Waals surface area contributed by atoms with Crippen LogP contribution in [0.15, 0.2) is 46.4 Å². The summed E-state index contributed by atoms with van der Waals surface area (Å²) in [6, 6.07) is 9.15. The maximum Gasteiger partial charge on any atom is 0.265 e. The first kappa shape index (κ1) is 19.2. The van der Waals surface area contributed by atoms with Gasteiger partial charge in [-0.05, 0) is 43.2 Å². The third-order valence-electron chi connectivity index (χ3n) is 4.55. The van der Waals surface area contributed by atoms with E-state index in [9.17, 15) is 9.59 Å². The van der Waals surface area contributed by atoms with E-state index in [1.807, 2.05) is 23.6 Å². The van der Waals surface area contributed by atoms with Crippen molar-refractivity contribution in [1.29, 1.82) is 0 Å². The zero-order chi connectivity index (χ0) is 20.2. The summed E-state index contributed by atoms with van der Waals surface area (Å²) >= 11 is 1.63. The van der Waals surface area contributed by atoms with Crippen molar-refractivity contribution in [2.45, 2.75) is 26.3 Å². The van der Waals surface area contributed by atoms with Gasteiger partial charge in [0.1, 0.15) is 18.1 Å². The fraction of sp³-hybridized carbons (Fsp3) is 0.286. The van der Waals surface area contributed by atoms with Crippen molar-refractivity contribution in [3.63, 3.8) is 0 Å². The van der Waals surface area contributed by atoms with Crippen LogP contribution in [-0.2, 0) is 22.6 Å². The van der Waals surface area contributed by atoms with Gasteiger partial charge in [-0.15, -0.1) is 11.3 Å². The van der Waals surface area contributed by atoms with Gasteiger partial charge in [0.05, 0.1) is 29.2 Å². The van der Waals surface area contributed by atoms with E-state index in [1.54, 1.807) is 29.7 Å². The third-order valence-corrected chi connectivity index (χ3v) is 5.46. The molecule has 7 nitrogen and oxygen atoms in total. The Morgan fingerprint density at radius 1 is 1.34 bits per heavy atom. The highest BCUT2D eigenvalue weighted by molar-refractivity contribution is 7.09. The molecule has 150 valence electrons. The summed E-state index contributed by atoms with van der Waals surface area (Å²) in [7, 11) is 0. The van der Waals surface area contributed by atoms with Crippen LogP contribution in [0, 0.1) is 0 Å². The number of nitrogens with one attached hydrogen (secondary N) is 1. The Balaban J connectivity index is 1.53. The largest absolute Gasteiger partial charge is 0.482 e. The van der Waals surface area contributed by atoms with Crippen LogP contribution < -0.4 is 15.0 Å². The Hall–Kier alpha value is -3.13. The van der Waals surface area contributed by atoms with Crippen LogP contribution in [0.2, 0.25) is 0 Å². The third kappa shape index (κ3) is 4.32. The molecule has 0 unspecified atom stereocenters. The number of nitrogens with zero attached hydrogens (tertiary/aromatic N) is 2. The van der Waals surface area contributed by atoms with Gasteiger partial charge in [0.15, 0.2) is 6.61 Å². The zero-order valence-electron chi connectivity index (χ0n) is 16.0. The first-order valence-electron chi connectivity index (χ1n) is 9.45. The second-order valence-electron chi connectivity index (χ2n) is 6.68. The number of carbonyl (C=O) groups is 2. The maximum absolute atomic E-state index is 12.5. The second-order valence-corrected chi connectivity index (χ2v) is 7.63. The predicted molar refractivity (Wildman–Crippen MR) is 110 cm³/mol. The van der Waals surface area contributed by atoms with Crippen LogP contribution in [-0.4, -0.2) is 29.9 Å². The molecule has 1 aromatic carbocycles. The van der Waals surface area contributed by atoms with E-state index in [1.165, 1.54) is 4.90 Å². The number of amides is 2. The number of carbonyl (C=O) groups excluding carboxylic acids is 2. The van der Waals surface area contributed by atoms with Crippen LogP contribution in [0.4, 0.5) is 5.69 Å². The molecule has 29 heavy (non-hydrogen) atoms. The molecular weight excluding hydrogens is 390 g/mol. The van der Waals surface area contributed by atoms with Gasteiger partial charge in [0.2, 0.25) is 5.91 Å². The Labute approximate surface area is 172 Å². The summed E-state index contributed by atoms with van der Waals surface area (Å²) in [5.74, 6) is 0.705. The molecule has 0 atom stereocenters. The molecule has 8 heteroatoms. The van der Waals surface area contributed by atoms with Crippen molar-refractivity contribution in [1.82, 2.24) is 10.3 Å². The van der Waals surface area contributed by atoms with Gasteiger partial charge in [0.25, 0.3) is 5.91 Å². The van der Waals surface area contributed by atoms with Crippen LogP contribution in [0.25, 0.3) is 11.3 Å². The number of furan rings is 1. The monoisotopic (exact) mass is 411 g/mol. The van der Waals surface area contributed by atoms with Crippen LogP contribution >= 0.6 is 11.3 Å². The number of rotatable bonds is 7. The molecule has 1 N–H and O–H groups in total. The summed E-state index contributed by atoms with van der Waals surface area (Å²) in [4.78, 5) is 31.0. The summed E-state index contributed by atoms with van der Waals surface area (Å²) < 4.78 is 10.8. The molecule has 2 aromatic heterocycles. The standard InChI is InChI=1S/C21H21N3O4S/c1-2-4-20-23-16(13-29-20)14-6-7-18-17(9-14)24(21(26)12-28-18)11-19(25)22-10-15-5-3-8-27-15/h3,5-9,13H,2,4,10-12H2,1H3,(H,22,25). The van der Waals surface area contributed by atoms with Crippen molar-refractivity contribution < 1.29 is 18.7 Å². The van der Waals surface area contributed by atoms with Crippen molar-refractivity contribution in [3.8, 4) is 17.0 Å². The normalized spacial score (nSPS) is 13.1. The number of fused-ring (bicyclic) bond motifs is 1. The summed E-state index contributed by atoms with van der Waals surface area (Å²) in [6.07, 6.45) is 3.54. The number of aromatic nitrogens is 1. The molecule has 1 aliphatic rings. The van der Waals surface area contributed by atoms with E-state index in [-0.39, 0.29) is 31.5 Å². The van der Waals surface area contributed by atoms with E-state index < -0.39 is 0 Å². The Bertz CT molecular complexity index is 1010. The van der Waals surface area contributed by atoms with Crippen molar-refractivity contribution in [2.75, 3.05) is 18.1 Å². The predicted octanol–water partition coefficient (Wildman–Crippen LogP) is 3.40. The van der Waals surface area contributed by atoms with E-state index >= 15 is 0 Å². The molecular formula is C21H21N3O4S. The molecule has 4 rings (SSSR count). The lowest BCUT2D eigenvalue weighted by Crippen LogP contribution is -2.45. The number of aryl methyl sites for hydroxylation is 1. The Morgan fingerprint density at radius 3 is 3.03 bits per heavy atom. The lowest BCUT2D eigenvalue weighted by Gasteiger charge is -2.29. The minimum Gasteiger partial charge on any atom is -0.482 e. The molecule has 0 bridgehead atoms. The van der Waals surface area contributed by atoms with Crippen molar-refractivity contribution in [3.05, 3.63) is 52.7 Å². The van der Waals surface area contributed by atoms with Crippen molar-refractivity contribution >= 4 is 28.8 Å². The Kier molecular flexibility index (Phi) is 5.62. The van der Waals surface area contributed by atoms with Crippen LogP contribution in [0.5, 0.6) is 5.75 Å². The highest BCUT2D eigenvalue weighted by Gasteiger charge is 2.28. The van der Waals surface area contributed by atoms with Gasteiger partial charge in [-0.3, -0.25) is 14.5 Å². The van der Waals surface area contributed by atoms with Crippen LogP contribution in [0.1, 0.15) is 24.1 Å². The molecule has 0 aliphatic carbocycles. The average molecular weight is 411 g/mol. The first-order valence-corrected chi connectivity index (χ1v) is 10.3.